The van der Waals surface area contributed by atoms with Gasteiger partial charge in [-0.15, -0.1) is 0 Å². The van der Waals surface area contributed by atoms with Gasteiger partial charge < -0.3 is 76.0 Å². The van der Waals surface area contributed by atoms with Crippen LogP contribution in [0.15, 0.2) is 133 Å². The summed E-state index contributed by atoms with van der Waals surface area (Å²) >= 11 is 0. The van der Waals surface area contributed by atoms with E-state index in [0.29, 0.717) is 119 Å². The van der Waals surface area contributed by atoms with Gasteiger partial charge in [-0.3, -0.25) is 33.6 Å². The number of hydrogen-bond acceptors (Lipinski definition) is 21. The van der Waals surface area contributed by atoms with Gasteiger partial charge in [-0.2, -0.15) is 0 Å². The molecular formula is C102H161N5O19Pd2-2. The van der Waals surface area contributed by atoms with Crippen molar-refractivity contribution in [2.45, 2.75) is 358 Å². The van der Waals surface area contributed by atoms with Gasteiger partial charge in [-0.1, -0.05) is 175 Å². The van der Waals surface area contributed by atoms with Crippen LogP contribution in [-0.2, 0) is 124 Å². The number of carboxylic acids is 2. The topological polar surface area (TPSA) is 397 Å². The van der Waals surface area contributed by atoms with Crippen molar-refractivity contribution in [2.75, 3.05) is 19.6 Å². The van der Waals surface area contributed by atoms with Gasteiger partial charge in [0.1, 0.15) is 46.2 Å². The van der Waals surface area contributed by atoms with E-state index in [9.17, 15) is 52.7 Å². The van der Waals surface area contributed by atoms with Crippen molar-refractivity contribution in [1.82, 2.24) is 5.32 Å². The van der Waals surface area contributed by atoms with Crippen molar-refractivity contribution >= 4 is 65.2 Å². The molecule has 0 aliphatic rings. The number of Topliss-reactive ketones (excluding diaryl/α,β-unsaturated/α-hetero) is 3. The van der Waals surface area contributed by atoms with Crippen molar-refractivity contribution in [3.8, 4) is 6.57 Å². The van der Waals surface area contributed by atoms with Gasteiger partial charge in [-0.25, -0.2) is 24.4 Å². The molecule has 5 rings (SSSR count). The van der Waals surface area contributed by atoms with Crippen molar-refractivity contribution in [2.24, 2.45) is 17.2 Å². The summed E-state index contributed by atoms with van der Waals surface area (Å²) < 4.78 is 31.4. The molecule has 730 valence electrons. The van der Waals surface area contributed by atoms with E-state index in [0.717, 1.165) is 131 Å². The predicted octanol–water partition coefficient (Wildman–Crippen LogP) is 22.5. The number of nitrogens with zero attached hydrogens (tertiary/aromatic N) is 1. The summed E-state index contributed by atoms with van der Waals surface area (Å²) in [5, 5.41) is 25.9. The number of nitriles is 1. The zero-order valence-electron chi connectivity index (χ0n) is 80.9. The van der Waals surface area contributed by atoms with Crippen LogP contribution in [0.25, 0.3) is 0 Å². The molecule has 0 aromatic heterocycles. The fourth-order valence-corrected chi connectivity index (χ4v) is 10.7. The number of benzene rings is 5. The molecule has 5 aromatic carbocycles. The van der Waals surface area contributed by atoms with Crippen LogP contribution in [0, 0.1) is 26.7 Å². The van der Waals surface area contributed by atoms with Gasteiger partial charge in [0.2, 0.25) is 0 Å². The number of carbonyl (C=O) groups excluding carboxylic acids is 9. The van der Waals surface area contributed by atoms with Crippen LogP contribution in [0.4, 0.5) is 4.79 Å². The molecule has 24 nitrogen and oxygen atoms in total. The Labute approximate surface area is 797 Å². The zero-order chi connectivity index (χ0) is 94.4. The minimum atomic E-state index is -0.769. The number of ether oxygens (including phenoxy) is 6. The molecule has 0 saturated heterocycles. The Morgan fingerprint density at radius 2 is 0.633 bits per heavy atom. The molecule has 0 atom stereocenters. The van der Waals surface area contributed by atoms with Gasteiger partial charge in [0.05, 0.1) is 16.7 Å². The third-order valence-corrected chi connectivity index (χ3v) is 17.0. The van der Waals surface area contributed by atoms with E-state index < -0.39 is 34.8 Å². The first kappa shape index (κ1) is 132. The summed E-state index contributed by atoms with van der Waals surface area (Å²) in [4.78, 5) is 125. The molecule has 0 fully saturated rings. The molecule has 1 amide bonds. The van der Waals surface area contributed by atoms with E-state index >= 15 is 0 Å². The van der Waals surface area contributed by atoms with Crippen molar-refractivity contribution in [3.05, 3.63) is 193 Å². The normalized spacial score (nSPS) is 10.4. The average Bonchev–Trinajstić information content (AvgIpc) is 0.849. The summed E-state index contributed by atoms with van der Waals surface area (Å²) in [6, 6.07) is 40.4. The molecule has 0 radical (unpaired) electrons. The van der Waals surface area contributed by atoms with E-state index in [-0.39, 0.29) is 121 Å². The number of nitrogens with two attached hydrogens (primary N) is 3. The zero-order valence-corrected chi connectivity index (χ0v) is 84.0. The van der Waals surface area contributed by atoms with E-state index in [2.05, 4.69) is 25.7 Å². The number of rotatable bonds is 45. The molecule has 128 heavy (non-hydrogen) atoms. The predicted molar refractivity (Wildman–Crippen MR) is 505 cm³/mol. The SMILES string of the molecule is C#N.CC(C)(C)OC(=O)CCCCCN.CC(C)(C)OC(=O)c1ccc(CCC(=O)CCCCCN)cc1.CC(C)(C)OC(=O)c1ccc(CCC(=O)CCCCCNC(=O)OCc2ccccc2)cc1.CC(C)(C)OC(=O)c1ccc(CN)cc1.CCCCCCC(=O)O.CCCCCCC(=O)OC(C)(C)C.O=C(O)CCCCCC(=O)c1ccccc1.[CH3-].[CH3-].[Pd].[Pd]. The van der Waals surface area contributed by atoms with E-state index in [1.54, 1.807) is 48.5 Å². The van der Waals surface area contributed by atoms with Crippen molar-refractivity contribution in [3.63, 3.8) is 0 Å². The van der Waals surface area contributed by atoms with Gasteiger partial charge in [-0.05, 0) is 253 Å². The number of ketones is 3. The quantitative estimate of drug-likeness (QED) is 0.00526. The van der Waals surface area contributed by atoms with E-state index in [1.807, 2.05) is 189 Å². The molecular weight excluding hydrogens is 1810 g/mol. The molecule has 0 heterocycles. The van der Waals surface area contributed by atoms with Crippen molar-refractivity contribution in [1.29, 1.82) is 5.26 Å². The van der Waals surface area contributed by atoms with Gasteiger partial charge in [0.15, 0.2) is 5.78 Å². The van der Waals surface area contributed by atoms with Crippen LogP contribution in [0.3, 0.4) is 0 Å². The van der Waals surface area contributed by atoms with E-state index in [4.69, 9.17) is 61.1 Å². The van der Waals surface area contributed by atoms with Crippen LogP contribution >= 0.6 is 0 Å². The Bertz CT molecular complexity index is 3720. The number of aliphatic carboxylic acids is 2. The Balaban J connectivity index is -0.000000275. The number of nitrogens with one attached hydrogen (secondary N) is 1. The summed E-state index contributed by atoms with van der Waals surface area (Å²) in [7, 11) is 0. The van der Waals surface area contributed by atoms with Crippen LogP contribution in [0.2, 0.25) is 0 Å². The summed E-state index contributed by atoms with van der Waals surface area (Å²) in [5.41, 5.74) is 20.4. The summed E-state index contributed by atoms with van der Waals surface area (Å²) in [6.07, 6.45) is 24.5. The number of carbonyl (C=O) groups is 11. The third kappa shape index (κ3) is 85.5. The summed E-state index contributed by atoms with van der Waals surface area (Å²) in [6.45, 7) is 38.4. The minimum Gasteiger partial charge on any atom is -0.481 e. The molecule has 0 spiro atoms. The number of carboxylic acid groups (broad SMARTS) is 2. The second-order valence-electron chi connectivity index (χ2n) is 34.8. The Morgan fingerprint density at radius 1 is 0.336 bits per heavy atom. The second kappa shape index (κ2) is 79.3. The smallest absolute Gasteiger partial charge is 0.407 e. The maximum atomic E-state index is 12.1. The summed E-state index contributed by atoms with van der Waals surface area (Å²) in [5.74, 6) is -1.93. The monoisotopic (exact) mass is 1970 g/mol. The molecule has 0 unspecified atom stereocenters. The maximum absolute atomic E-state index is 12.1. The maximum Gasteiger partial charge on any atom is 0.407 e. The molecule has 0 aliphatic carbocycles. The first-order valence-electron chi connectivity index (χ1n) is 44.1. The number of unbranched alkanes of at least 4 members (excludes halogenated alkanes) is 14. The molecule has 5 aromatic rings. The Kier molecular flexibility index (Phi) is 82.1. The fourth-order valence-electron chi connectivity index (χ4n) is 10.7. The van der Waals surface area contributed by atoms with Crippen LogP contribution in [0.1, 0.15) is 368 Å². The molecule has 0 aliphatic heterocycles. The Morgan fingerprint density at radius 3 is 0.953 bits per heavy atom. The van der Waals surface area contributed by atoms with Gasteiger partial charge in [0.25, 0.3) is 0 Å². The molecule has 0 bridgehead atoms. The number of hydrogen-bond donors (Lipinski definition) is 6. The Hall–Kier alpha value is -8.64. The first-order chi connectivity index (χ1) is 58.3. The number of aryl methyl sites for hydroxylation is 2. The number of alkyl carbamates (subject to hydrolysis) is 1. The molecule has 26 heteroatoms. The van der Waals surface area contributed by atoms with Crippen LogP contribution in [0.5, 0.6) is 0 Å². The third-order valence-electron chi connectivity index (χ3n) is 17.0. The largest absolute Gasteiger partial charge is 0.481 e. The second-order valence-corrected chi connectivity index (χ2v) is 34.8. The fraction of sp³-hybridized carbons (Fsp3) is 0.569. The van der Waals surface area contributed by atoms with Crippen LogP contribution < -0.4 is 22.5 Å². The average molecular weight is 1970 g/mol. The first-order valence-corrected chi connectivity index (χ1v) is 44.1. The van der Waals surface area contributed by atoms with Crippen molar-refractivity contribution < 1.29 is 132 Å². The minimum absolute atomic E-state index is 0. The van der Waals surface area contributed by atoms with Gasteiger partial charge in [0, 0.05) is 124 Å². The number of amides is 1. The number of esters is 5. The van der Waals surface area contributed by atoms with Gasteiger partial charge >= 0.3 is 47.9 Å². The standard InChI is InChI=1S/C27H35NO5.C19H29NO3.C13H16O3.C12H17NO2.C11H22O2.C10H21NO2.C7H14O2.CHN.2CH3.2Pd/c1-27(2,3)33-25(30)23-16-13-21(14-17-23)15-18-24(29)12-8-5-9-19-28-26(31)32-20-22-10-6-4-7-11-22;1-19(2,3)23-18(22)16-11-8-15(9-12-16)10-13-17(21)7-5-4-6-14-20;14-12(11-7-3-1-4-8-11)9-5-2-6-10-13(15)16;1-12(2,3)15-11(14)10-6-4-9(8-13)5-7-10;1-5-6-7-8-9-10(12)13-11(2,3)4;1-10(2,3)13-9(12)7-5-4-6-8-11;1-2-3-4-5-6-7(8)9;1-2;;;;/h4,6-7,10-11,13-14,16-17H,5,8-9,12,15,18-20H2,1-3H3,(H,28,31);8-9,11-12H,4-7,10,13-14,20H2,1-3H3;1,3-4,7-8H,2,5-6,9-10H2,(H,15,16);4-7H,8,13H2,1-3H3;5-9H2,1-4H3;4-8,11H2,1-3H3;2-6H2,1H3,(H,8,9);1H;2*1H3;;/q;;;;;;;;2*-1;;. The molecule has 0 saturated carbocycles. The molecule has 9 N–H and O–H groups in total. The van der Waals surface area contributed by atoms with Crippen LogP contribution in [-0.4, -0.2) is 123 Å². The van der Waals surface area contributed by atoms with E-state index in [1.165, 1.54) is 19.3 Å².